The lowest BCUT2D eigenvalue weighted by Gasteiger charge is -2.21. The number of rotatable bonds is 6. The molecule has 1 fully saturated rings. The minimum Gasteiger partial charge on any atom is -0.468 e. The summed E-state index contributed by atoms with van der Waals surface area (Å²) in [7, 11) is 1.32. The molecule has 110 valence electrons. The van der Waals surface area contributed by atoms with E-state index in [1.165, 1.54) is 12.0 Å². The van der Waals surface area contributed by atoms with Gasteiger partial charge in [-0.3, -0.25) is 9.59 Å². The minimum absolute atomic E-state index is 0.0311. The summed E-state index contributed by atoms with van der Waals surface area (Å²) < 4.78 is 6.56. The van der Waals surface area contributed by atoms with Gasteiger partial charge in [-0.25, -0.2) is 0 Å². The van der Waals surface area contributed by atoms with Crippen LogP contribution in [0.3, 0.4) is 0 Å². The van der Waals surface area contributed by atoms with Crippen LogP contribution in [0, 0.1) is 0 Å². The monoisotopic (exact) mass is 298 g/mol. The highest BCUT2D eigenvalue weighted by atomic mass is 35.5. The Morgan fingerprint density at radius 3 is 2.75 bits per heavy atom. The van der Waals surface area contributed by atoms with Crippen molar-refractivity contribution >= 4 is 23.5 Å². The lowest BCUT2D eigenvalue weighted by molar-refractivity contribution is -0.141. The molecular weight excluding hydrogens is 280 g/mol. The van der Waals surface area contributed by atoms with E-state index in [1.54, 1.807) is 12.3 Å². The summed E-state index contributed by atoms with van der Waals surface area (Å²) in [4.78, 5) is 25.5. The Balaban J connectivity index is 2.20. The summed E-state index contributed by atoms with van der Waals surface area (Å²) in [6.45, 7) is 2.45. The van der Waals surface area contributed by atoms with Crippen molar-refractivity contribution in [3.05, 3.63) is 23.0 Å². The highest BCUT2D eigenvalue weighted by Gasteiger charge is 2.30. The standard InChI is InChI=1S/C14H19ClN2O3/c1-3-6-16(9-13(18)20-2)14(19)12-7-10(15)8-17(12)11-4-5-11/h7-8,11H,3-6,9H2,1-2H3. The molecule has 0 atom stereocenters. The third kappa shape index (κ3) is 3.33. The molecule has 0 aliphatic heterocycles. The van der Waals surface area contributed by atoms with Gasteiger partial charge >= 0.3 is 5.97 Å². The summed E-state index contributed by atoms with van der Waals surface area (Å²) in [5, 5.41) is 0.551. The number of halogens is 1. The molecule has 1 aliphatic carbocycles. The number of carbonyl (C=O) groups is 2. The predicted molar refractivity (Wildman–Crippen MR) is 75.9 cm³/mol. The van der Waals surface area contributed by atoms with Crippen LogP contribution >= 0.6 is 11.6 Å². The quantitative estimate of drug-likeness (QED) is 0.758. The highest BCUT2D eigenvalue weighted by Crippen LogP contribution is 2.37. The molecule has 1 aliphatic rings. The minimum atomic E-state index is -0.414. The number of esters is 1. The van der Waals surface area contributed by atoms with Crippen molar-refractivity contribution in [2.24, 2.45) is 0 Å². The summed E-state index contributed by atoms with van der Waals surface area (Å²) in [5.74, 6) is -0.585. The summed E-state index contributed by atoms with van der Waals surface area (Å²) in [6, 6.07) is 2.03. The van der Waals surface area contributed by atoms with Crippen molar-refractivity contribution in [2.45, 2.75) is 32.2 Å². The van der Waals surface area contributed by atoms with Gasteiger partial charge in [-0.15, -0.1) is 0 Å². The zero-order valence-corrected chi connectivity index (χ0v) is 12.5. The number of aromatic nitrogens is 1. The highest BCUT2D eigenvalue weighted by molar-refractivity contribution is 6.31. The van der Waals surface area contributed by atoms with Gasteiger partial charge < -0.3 is 14.2 Å². The van der Waals surface area contributed by atoms with Crippen molar-refractivity contribution in [3.8, 4) is 0 Å². The molecule has 0 radical (unpaired) electrons. The van der Waals surface area contributed by atoms with Gasteiger partial charge in [-0.1, -0.05) is 18.5 Å². The smallest absolute Gasteiger partial charge is 0.325 e. The van der Waals surface area contributed by atoms with E-state index in [-0.39, 0.29) is 12.5 Å². The van der Waals surface area contributed by atoms with Crippen LogP contribution in [0.25, 0.3) is 0 Å². The summed E-state index contributed by atoms with van der Waals surface area (Å²) in [6.07, 6.45) is 4.70. The average molecular weight is 299 g/mol. The van der Waals surface area contributed by atoms with E-state index >= 15 is 0 Å². The van der Waals surface area contributed by atoms with Gasteiger partial charge in [-0.05, 0) is 25.3 Å². The zero-order valence-electron chi connectivity index (χ0n) is 11.8. The molecule has 0 bridgehead atoms. The van der Waals surface area contributed by atoms with Gasteiger partial charge in [0.1, 0.15) is 12.2 Å². The molecule has 1 heterocycles. The molecule has 0 unspecified atom stereocenters. The molecule has 1 amide bonds. The van der Waals surface area contributed by atoms with Crippen molar-refractivity contribution in [1.29, 1.82) is 0 Å². The number of hydrogen-bond donors (Lipinski definition) is 0. The second-order valence-electron chi connectivity index (χ2n) is 4.98. The molecule has 5 nitrogen and oxygen atoms in total. The van der Waals surface area contributed by atoms with Crippen molar-refractivity contribution in [1.82, 2.24) is 9.47 Å². The van der Waals surface area contributed by atoms with Crippen molar-refractivity contribution < 1.29 is 14.3 Å². The van der Waals surface area contributed by atoms with E-state index in [2.05, 4.69) is 4.74 Å². The Kier molecular flexibility index (Phi) is 4.70. The Morgan fingerprint density at radius 2 is 2.20 bits per heavy atom. The average Bonchev–Trinajstić information content (AvgIpc) is 3.20. The van der Waals surface area contributed by atoms with Gasteiger partial charge in [0, 0.05) is 18.8 Å². The van der Waals surface area contributed by atoms with E-state index in [0.29, 0.717) is 23.3 Å². The molecule has 0 saturated heterocycles. The summed E-state index contributed by atoms with van der Waals surface area (Å²) in [5.41, 5.74) is 0.551. The van der Waals surface area contributed by atoms with E-state index in [9.17, 15) is 9.59 Å². The van der Waals surface area contributed by atoms with Crippen molar-refractivity contribution in [2.75, 3.05) is 20.2 Å². The lowest BCUT2D eigenvalue weighted by Crippen LogP contribution is -2.37. The van der Waals surface area contributed by atoms with Crippen LogP contribution in [-0.4, -0.2) is 41.5 Å². The topological polar surface area (TPSA) is 51.5 Å². The maximum Gasteiger partial charge on any atom is 0.325 e. The number of ether oxygens (including phenoxy) is 1. The first-order valence-corrected chi connectivity index (χ1v) is 7.18. The molecule has 1 aromatic rings. The SMILES string of the molecule is CCCN(CC(=O)OC)C(=O)c1cc(Cl)cn1C1CC1. The fourth-order valence-corrected chi connectivity index (χ4v) is 2.39. The number of amides is 1. The van der Waals surface area contributed by atoms with E-state index in [1.807, 2.05) is 11.5 Å². The number of hydrogen-bond acceptors (Lipinski definition) is 3. The molecule has 0 spiro atoms. The molecule has 0 N–H and O–H groups in total. The fraction of sp³-hybridized carbons (Fsp3) is 0.571. The molecule has 2 rings (SSSR count). The first-order valence-electron chi connectivity index (χ1n) is 6.80. The van der Waals surface area contributed by atoms with Crippen LogP contribution in [0.4, 0.5) is 0 Å². The van der Waals surface area contributed by atoms with Crippen LogP contribution in [0.1, 0.15) is 42.7 Å². The molecular formula is C14H19ClN2O3. The Hall–Kier alpha value is -1.49. The maximum atomic E-state index is 12.6. The van der Waals surface area contributed by atoms with E-state index in [0.717, 1.165) is 19.3 Å². The van der Waals surface area contributed by atoms with Gasteiger partial charge in [0.15, 0.2) is 0 Å². The fourth-order valence-electron chi connectivity index (χ4n) is 2.18. The van der Waals surface area contributed by atoms with Crippen LogP contribution in [0.15, 0.2) is 12.3 Å². The van der Waals surface area contributed by atoms with Gasteiger partial charge in [-0.2, -0.15) is 0 Å². The van der Waals surface area contributed by atoms with Gasteiger partial charge in [0.2, 0.25) is 0 Å². The van der Waals surface area contributed by atoms with Crippen LogP contribution in [-0.2, 0) is 9.53 Å². The van der Waals surface area contributed by atoms with Gasteiger partial charge in [0.25, 0.3) is 5.91 Å². The van der Waals surface area contributed by atoms with Crippen LogP contribution < -0.4 is 0 Å². The Labute approximate surface area is 123 Å². The third-order valence-electron chi connectivity index (χ3n) is 3.30. The van der Waals surface area contributed by atoms with Gasteiger partial charge in [0.05, 0.1) is 12.1 Å². The first-order chi connectivity index (χ1) is 9.56. The van der Waals surface area contributed by atoms with E-state index in [4.69, 9.17) is 11.6 Å². The third-order valence-corrected chi connectivity index (χ3v) is 3.51. The normalized spacial score (nSPS) is 14.2. The molecule has 1 aromatic heterocycles. The lowest BCUT2D eigenvalue weighted by atomic mass is 10.3. The largest absolute Gasteiger partial charge is 0.468 e. The number of carbonyl (C=O) groups excluding carboxylic acids is 2. The summed E-state index contributed by atoms with van der Waals surface area (Å²) >= 11 is 6.01. The predicted octanol–water partition coefficient (Wildman–Crippen LogP) is 2.50. The molecule has 6 heteroatoms. The number of methoxy groups -OCH3 is 1. The molecule has 1 saturated carbocycles. The van der Waals surface area contributed by atoms with Crippen molar-refractivity contribution in [3.63, 3.8) is 0 Å². The van der Waals surface area contributed by atoms with Crippen LogP contribution in [0.5, 0.6) is 0 Å². The maximum absolute atomic E-state index is 12.6. The first kappa shape index (κ1) is 14.9. The van der Waals surface area contributed by atoms with Crippen LogP contribution in [0.2, 0.25) is 5.02 Å². The molecule has 0 aromatic carbocycles. The molecule has 20 heavy (non-hydrogen) atoms. The zero-order chi connectivity index (χ0) is 14.7. The Bertz CT molecular complexity index is 509. The second-order valence-corrected chi connectivity index (χ2v) is 5.42. The Morgan fingerprint density at radius 1 is 1.50 bits per heavy atom. The number of nitrogens with zero attached hydrogens (tertiary/aromatic N) is 2. The second kappa shape index (κ2) is 6.31. The van der Waals surface area contributed by atoms with E-state index < -0.39 is 5.97 Å².